The van der Waals surface area contributed by atoms with E-state index >= 15 is 0 Å². The quantitative estimate of drug-likeness (QED) is 0.190. The first-order valence-electron chi connectivity index (χ1n) is 17.2. The first-order valence-corrected chi connectivity index (χ1v) is 17.2. The summed E-state index contributed by atoms with van der Waals surface area (Å²) in [7, 11) is 0. The summed E-state index contributed by atoms with van der Waals surface area (Å²) in [6, 6.07) is 57.5. The minimum Gasteiger partial charge on any atom is -0.454 e. The summed E-state index contributed by atoms with van der Waals surface area (Å²) in [6.45, 7) is 0. The number of para-hydroxylation sites is 5. The Labute approximate surface area is 292 Å². The molecule has 0 aliphatic carbocycles. The van der Waals surface area contributed by atoms with E-state index in [1.807, 2.05) is 12.3 Å². The predicted octanol–water partition coefficient (Wildman–Crippen LogP) is 11.9. The molecule has 0 fully saturated rings. The van der Waals surface area contributed by atoms with E-state index in [2.05, 4.69) is 167 Å². The van der Waals surface area contributed by atoms with Gasteiger partial charge in [-0.05, 0) is 54.6 Å². The van der Waals surface area contributed by atoms with Crippen LogP contribution in [0.1, 0.15) is 0 Å². The van der Waals surface area contributed by atoms with Crippen LogP contribution in [0.2, 0.25) is 0 Å². The molecule has 0 amide bonds. The lowest BCUT2D eigenvalue weighted by Crippen LogP contribution is -1.95. The zero-order valence-electron chi connectivity index (χ0n) is 27.4. The van der Waals surface area contributed by atoms with Gasteiger partial charge in [0, 0.05) is 56.3 Å². The molecule has 5 heterocycles. The highest BCUT2D eigenvalue weighted by Crippen LogP contribution is 2.40. The van der Waals surface area contributed by atoms with Gasteiger partial charge in [-0.3, -0.25) is 4.98 Å². The lowest BCUT2D eigenvalue weighted by molar-refractivity contribution is 0.668. The Kier molecular flexibility index (Phi) is 5.89. The van der Waals surface area contributed by atoms with E-state index in [1.54, 1.807) is 0 Å². The highest BCUT2D eigenvalue weighted by atomic mass is 16.3. The van der Waals surface area contributed by atoms with Crippen LogP contribution in [0.4, 0.5) is 0 Å². The molecular formula is C46H28N4O. The molecule has 0 N–H and O–H groups in total. The second-order valence-corrected chi connectivity index (χ2v) is 13.0. The first kappa shape index (κ1) is 27.9. The molecular weight excluding hydrogens is 625 g/mol. The Hall–Kier alpha value is -6.98. The number of pyridine rings is 2. The fraction of sp³-hybridized carbons (Fsp3) is 0. The van der Waals surface area contributed by atoms with Crippen molar-refractivity contribution in [2.24, 2.45) is 0 Å². The molecule has 5 aromatic heterocycles. The molecule has 5 nitrogen and oxygen atoms in total. The Balaban J connectivity index is 1.07. The second-order valence-electron chi connectivity index (χ2n) is 13.0. The van der Waals surface area contributed by atoms with Crippen molar-refractivity contribution in [3.05, 3.63) is 170 Å². The van der Waals surface area contributed by atoms with Crippen LogP contribution in [-0.2, 0) is 0 Å². The largest absolute Gasteiger partial charge is 0.454 e. The lowest BCUT2D eigenvalue weighted by atomic mass is 10.1. The third-order valence-corrected chi connectivity index (χ3v) is 10.2. The zero-order valence-corrected chi connectivity index (χ0v) is 27.4. The first-order chi connectivity index (χ1) is 25.3. The Morgan fingerprint density at radius 3 is 1.86 bits per heavy atom. The summed E-state index contributed by atoms with van der Waals surface area (Å²) < 4.78 is 11.1. The van der Waals surface area contributed by atoms with Crippen LogP contribution in [0, 0.1) is 0 Å². The average Bonchev–Trinajstić information content (AvgIpc) is 3.85. The third kappa shape index (κ3) is 4.15. The standard InChI is InChI=1S/C46H28N4O/c1-3-12-30(13-4-1)49-40-20-9-7-16-32(40)34-23-22-29(26-42(34)49)38-24-25-43-45(48-38)37-28-47-39(27-44(37)51-43)36-19-11-18-35-33-17-8-10-21-41(33)50(46(35)36)31-14-5-2-6-15-31/h1-28H. The number of nitrogens with zero attached hydrogens (tertiary/aromatic N) is 4. The topological polar surface area (TPSA) is 48.8 Å². The maximum absolute atomic E-state index is 6.47. The summed E-state index contributed by atoms with van der Waals surface area (Å²) in [4.78, 5) is 10.2. The molecule has 5 heteroatoms. The molecule has 0 aliphatic heterocycles. The third-order valence-electron chi connectivity index (χ3n) is 10.2. The molecule has 0 unspecified atom stereocenters. The van der Waals surface area contributed by atoms with Gasteiger partial charge in [0.15, 0.2) is 5.58 Å². The Morgan fingerprint density at radius 2 is 1.08 bits per heavy atom. The van der Waals surface area contributed by atoms with Gasteiger partial charge in [-0.15, -0.1) is 0 Å². The van der Waals surface area contributed by atoms with Crippen molar-refractivity contribution >= 4 is 65.7 Å². The van der Waals surface area contributed by atoms with Crippen molar-refractivity contribution in [2.45, 2.75) is 0 Å². The molecule has 11 rings (SSSR count). The van der Waals surface area contributed by atoms with E-state index in [9.17, 15) is 0 Å². The average molecular weight is 653 g/mol. The van der Waals surface area contributed by atoms with Gasteiger partial charge in [0.1, 0.15) is 11.1 Å². The van der Waals surface area contributed by atoms with Crippen molar-refractivity contribution in [1.82, 2.24) is 19.1 Å². The van der Waals surface area contributed by atoms with E-state index < -0.39 is 0 Å². The number of fused-ring (bicyclic) bond motifs is 9. The van der Waals surface area contributed by atoms with E-state index in [0.29, 0.717) is 0 Å². The van der Waals surface area contributed by atoms with Crippen LogP contribution in [0.3, 0.4) is 0 Å². The summed E-state index contributed by atoms with van der Waals surface area (Å²) in [5.41, 5.74) is 13.0. The van der Waals surface area contributed by atoms with Gasteiger partial charge in [-0.2, -0.15) is 0 Å². The molecule has 0 aliphatic rings. The normalized spacial score (nSPS) is 11.9. The number of hydrogen-bond acceptors (Lipinski definition) is 3. The van der Waals surface area contributed by atoms with Crippen LogP contribution in [0.5, 0.6) is 0 Å². The summed E-state index contributed by atoms with van der Waals surface area (Å²) in [5, 5.41) is 5.74. The molecule has 238 valence electrons. The number of aromatic nitrogens is 4. The number of furan rings is 1. The number of rotatable bonds is 4. The van der Waals surface area contributed by atoms with Crippen LogP contribution in [0.25, 0.3) is 99.6 Å². The fourth-order valence-electron chi connectivity index (χ4n) is 7.90. The summed E-state index contributed by atoms with van der Waals surface area (Å²) >= 11 is 0. The highest BCUT2D eigenvalue weighted by molar-refractivity contribution is 6.14. The smallest absolute Gasteiger partial charge is 0.153 e. The molecule has 0 saturated carbocycles. The predicted molar refractivity (Wildman–Crippen MR) is 209 cm³/mol. The molecule has 0 spiro atoms. The summed E-state index contributed by atoms with van der Waals surface area (Å²) in [6.07, 6.45) is 1.91. The minimum absolute atomic E-state index is 0.740. The molecule has 0 radical (unpaired) electrons. The highest BCUT2D eigenvalue weighted by Gasteiger charge is 2.19. The molecule has 0 atom stereocenters. The second kappa shape index (κ2) is 10.8. The van der Waals surface area contributed by atoms with Crippen LogP contribution in [-0.4, -0.2) is 19.1 Å². The monoisotopic (exact) mass is 652 g/mol. The van der Waals surface area contributed by atoms with Gasteiger partial charge < -0.3 is 13.6 Å². The maximum Gasteiger partial charge on any atom is 0.153 e. The van der Waals surface area contributed by atoms with Crippen molar-refractivity contribution in [3.63, 3.8) is 0 Å². The number of hydrogen-bond donors (Lipinski definition) is 0. The fourth-order valence-corrected chi connectivity index (χ4v) is 7.90. The molecule has 11 aromatic rings. The van der Waals surface area contributed by atoms with E-state index in [-0.39, 0.29) is 0 Å². The van der Waals surface area contributed by atoms with Crippen LogP contribution in [0.15, 0.2) is 174 Å². The SMILES string of the molecule is c1ccc(-n2c3ccccc3c3ccc(-c4ccc5oc6cc(-c7cccc8c9ccccc9n(-c9ccccc9)c78)ncc6c5n4)cc32)cc1. The summed E-state index contributed by atoms with van der Waals surface area (Å²) in [5.74, 6) is 0. The van der Waals surface area contributed by atoms with Crippen molar-refractivity contribution in [1.29, 1.82) is 0 Å². The van der Waals surface area contributed by atoms with Crippen molar-refractivity contribution < 1.29 is 4.42 Å². The minimum atomic E-state index is 0.740. The Morgan fingerprint density at radius 1 is 0.431 bits per heavy atom. The van der Waals surface area contributed by atoms with Crippen LogP contribution >= 0.6 is 0 Å². The molecule has 0 saturated heterocycles. The van der Waals surface area contributed by atoms with Crippen molar-refractivity contribution in [2.75, 3.05) is 0 Å². The van der Waals surface area contributed by atoms with Gasteiger partial charge >= 0.3 is 0 Å². The zero-order chi connectivity index (χ0) is 33.5. The van der Waals surface area contributed by atoms with Gasteiger partial charge in [-0.25, -0.2) is 4.98 Å². The number of benzene rings is 6. The molecule has 51 heavy (non-hydrogen) atoms. The van der Waals surface area contributed by atoms with Gasteiger partial charge in [0.05, 0.1) is 38.8 Å². The van der Waals surface area contributed by atoms with Crippen molar-refractivity contribution in [3.8, 4) is 33.9 Å². The van der Waals surface area contributed by atoms with E-state index in [4.69, 9.17) is 14.4 Å². The molecule has 6 aromatic carbocycles. The van der Waals surface area contributed by atoms with Gasteiger partial charge in [0.25, 0.3) is 0 Å². The Bertz CT molecular complexity index is 3130. The van der Waals surface area contributed by atoms with Crippen LogP contribution < -0.4 is 0 Å². The van der Waals surface area contributed by atoms with E-state index in [1.165, 1.54) is 27.1 Å². The van der Waals surface area contributed by atoms with Gasteiger partial charge in [0.2, 0.25) is 0 Å². The lowest BCUT2D eigenvalue weighted by Gasteiger charge is -2.11. The van der Waals surface area contributed by atoms with E-state index in [0.717, 1.165) is 72.5 Å². The molecule has 0 bridgehead atoms. The maximum atomic E-state index is 6.47. The van der Waals surface area contributed by atoms with Gasteiger partial charge in [-0.1, -0.05) is 103 Å².